The molecule has 0 N–H and O–H groups in total. The number of likely N-dealkylation sites (tertiary alicyclic amines) is 1. The Balaban J connectivity index is 1.49. The average Bonchev–Trinajstić information content (AvgIpc) is 3.33. The number of fused-ring (bicyclic) bond motifs is 3. The number of piperazine rings is 1. The van der Waals surface area contributed by atoms with Crippen LogP contribution in [0.25, 0.3) is 0 Å². The van der Waals surface area contributed by atoms with Crippen molar-refractivity contribution < 1.29 is 9.72 Å². The number of anilines is 2. The Hall–Kier alpha value is -3.09. The number of nitro groups is 1. The summed E-state index contributed by atoms with van der Waals surface area (Å²) in [4.78, 5) is 31.2. The molecule has 2 fully saturated rings. The van der Waals surface area contributed by atoms with E-state index in [0.717, 1.165) is 56.8 Å². The van der Waals surface area contributed by atoms with Crippen LogP contribution in [-0.2, 0) is 11.2 Å². The summed E-state index contributed by atoms with van der Waals surface area (Å²) < 4.78 is 0. The van der Waals surface area contributed by atoms with Crippen LogP contribution in [0, 0.1) is 23.0 Å². The van der Waals surface area contributed by atoms with Crippen LogP contribution in [0.2, 0.25) is 0 Å². The lowest BCUT2D eigenvalue weighted by molar-refractivity contribution is -0.384. The summed E-state index contributed by atoms with van der Waals surface area (Å²) >= 11 is 0. The van der Waals surface area contributed by atoms with Gasteiger partial charge in [-0.25, -0.2) is 0 Å². The number of nitro benzene ring substituents is 1. The van der Waals surface area contributed by atoms with E-state index in [0.29, 0.717) is 6.42 Å². The zero-order valence-electron chi connectivity index (χ0n) is 17.9. The smallest absolute Gasteiger partial charge is 0.269 e. The molecule has 7 heteroatoms. The molecule has 1 amide bonds. The van der Waals surface area contributed by atoms with Gasteiger partial charge in [0.05, 0.1) is 16.9 Å². The summed E-state index contributed by atoms with van der Waals surface area (Å²) in [6.07, 6.45) is 2.68. The number of hydrogen-bond donors (Lipinski definition) is 0. The first-order valence-electron chi connectivity index (χ1n) is 11.2. The average molecular weight is 421 g/mol. The van der Waals surface area contributed by atoms with Crippen molar-refractivity contribution in [1.82, 2.24) is 4.90 Å². The third kappa shape index (κ3) is 3.62. The van der Waals surface area contributed by atoms with Gasteiger partial charge in [-0.15, -0.1) is 0 Å². The summed E-state index contributed by atoms with van der Waals surface area (Å²) in [5, 5.41) is 11.3. The van der Waals surface area contributed by atoms with E-state index >= 15 is 0 Å². The van der Waals surface area contributed by atoms with E-state index in [1.54, 1.807) is 12.1 Å². The lowest BCUT2D eigenvalue weighted by atomic mass is 9.82. The number of nitrogens with zero attached hydrogens (tertiary/aromatic N) is 4. The Labute approximate surface area is 182 Å². The Kier molecular flexibility index (Phi) is 5.04. The second kappa shape index (κ2) is 7.87. The molecule has 0 radical (unpaired) electrons. The number of benzene rings is 2. The van der Waals surface area contributed by atoms with Gasteiger partial charge in [-0.05, 0) is 49.9 Å². The minimum absolute atomic E-state index is 0.0668. The van der Waals surface area contributed by atoms with Gasteiger partial charge < -0.3 is 14.7 Å². The highest BCUT2D eigenvalue weighted by molar-refractivity contribution is 5.83. The van der Waals surface area contributed by atoms with E-state index in [4.69, 9.17) is 0 Å². The van der Waals surface area contributed by atoms with Gasteiger partial charge in [0.15, 0.2) is 0 Å². The Bertz CT molecular complexity index is 1000. The van der Waals surface area contributed by atoms with Crippen molar-refractivity contribution in [3.8, 4) is 0 Å². The van der Waals surface area contributed by atoms with Gasteiger partial charge in [-0.1, -0.05) is 17.7 Å². The number of amides is 1. The van der Waals surface area contributed by atoms with Crippen LogP contribution < -0.4 is 9.80 Å². The van der Waals surface area contributed by atoms with Gasteiger partial charge in [0.1, 0.15) is 0 Å². The molecular formula is C24H28N4O3. The minimum Gasteiger partial charge on any atom is -0.368 e. The second-order valence-corrected chi connectivity index (χ2v) is 8.96. The SMILES string of the molecule is Cc1ccc(N2CCN3c4ccc([N+](=O)[O-])cc4C[C@@H](C(=O)N4CCCC4)[C@H]3C2)cc1. The molecule has 3 heterocycles. The molecule has 0 saturated carbocycles. The summed E-state index contributed by atoms with van der Waals surface area (Å²) in [6.45, 7) is 6.18. The van der Waals surface area contributed by atoms with Crippen LogP contribution in [0.5, 0.6) is 0 Å². The van der Waals surface area contributed by atoms with E-state index in [1.165, 1.54) is 11.3 Å². The summed E-state index contributed by atoms with van der Waals surface area (Å²) in [5.41, 5.74) is 4.49. The fraction of sp³-hybridized carbons (Fsp3) is 0.458. The van der Waals surface area contributed by atoms with Crippen LogP contribution in [0.4, 0.5) is 17.1 Å². The molecule has 0 unspecified atom stereocenters. The highest BCUT2D eigenvalue weighted by atomic mass is 16.6. The number of aryl methyl sites for hydroxylation is 1. The summed E-state index contributed by atoms with van der Waals surface area (Å²) in [6, 6.07) is 13.8. The Morgan fingerprint density at radius 1 is 1.03 bits per heavy atom. The normalized spacial score (nSPS) is 22.8. The number of carbonyl (C=O) groups excluding carboxylic acids is 1. The quantitative estimate of drug-likeness (QED) is 0.562. The molecule has 162 valence electrons. The van der Waals surface area contributed by atoms with Crippen LogP contribution >= 0.6 is 0 Å². The van der Waals surface area contributed by atoms with Crippen molar-refractivity contribution in [3.05, 3.63) is 63.7 Å². The molecule has 0 spiro atoms. The maximum Gasteiger partial charge on any atom is 0.269 e. The molecule has 31 heavy (non-hydrogen) atoms. The lowest BCUT2D eigenvalue weighted by Crippen LogP contribution is -2.61. The monoisotopic (exact) mass is 420 g/mol. The molecule has 0 aromatic heterocycles. The van der Waals surface area contributed by atoms with E-state index in [-0.39, 0.29) is 28.5 Å². The van der Waals surface area contributed by atoms with E-state index in [2.05, 4.69) is 41.0 Å². The molecule has 5 rings (SSSR count). The standard InChI is InChI=1S/C24H28N4O3/c1-17-4-6-19(7-5-17)26-12-13-27-22-9-8-20(28(30)31)14-18(22)15-21(23(27)16-26)24(29)25-10-2-3-11-25/h4-9,14,21,23H,2-3,10-13,15-16H2,1H3/t21-,23-/m1/s1. The van der Waals surface area contributed by atoms with Crippen molar-refractivity contribution in [2.24, 2.45) is 5.92 Å². The lowest BCUT2D eigenvalue weighted by Gasteiger charge is -2.50. The van der Waals surface area contributed by atoms with E-state index < -0.39 is 0 Å². The molecule has 3 aliphatic heterocycles. The molecule has 2 saturated heterocycles. The van der Waals surface area contributed by atoms with Gasteiger partial charge in [0.25, 0.3) is 5.69 Å². The van der Waals surface area contributed by atoms with Crippen molar-refractivity contribution in [1.29, 1.82) is 0 Å². The third-order valence-corrected chi connectivity index (χ3v) is 7.04. The molecule has 0 aliphatic carbocycles. The topological polar surface area (TPSA) is 69.9 Å². The fourth-order valence-corrected chi connectivity index (χ4v) is 5.37. The van der Waals surface area contributed by atoms with Crippen LogP contribution in [0.15, 0.2) is 42.5 Å². The number of rotatable bonds is 3. The van der Waals surface area contributed by atoms with Crippen molar-refractivity contribution in [3.63, 3.8) is 0 Å². The molecule has 2 aromatic rings. The first kappa shape index (κ1) is 19.8. The number of carbonyl (C=O) groups is 1. The van der Waals surface area contributed by atoms with Crippen LogP contribution in [-0.4, -0.2) is 54.5 Å². The Morgan fingerprint density at radius 3 is 2.48 bits per heavy atom. The summed E-state index contributed by atoms with van der Waals surface area (Å²) in [5.74, 6) is 0.0243. The maximum absolute atomic E-state index is 13.5. The van der Waals surface area contributed by atoms with Crippen molar-refractivity contribution in [2.45, 2.75) is 32.2 Å². The van der Waals surface area contributed by atoms with E-state index in [9.17, 15) is 14.9 Å². The highest BCUT2D eigenvalue weighted by Gasteiger charge is 2.43. The van der Waals surface area contributed by atoms with E-state index in [1.807, 2.05) is 11.0 Å². The second-order valence-electron chi connectivity index (χ2n) is 8.96. The van der Waals surface area contributed by atoms with Crippen LogP contribution in [0.3, 0.4) is 0 Å². The van der Waals surface area contributed by atoms with Crippen LogP contribution in [0.1, 0.15) is 24.0 Å². The predicted molar refractivity (Wildman–Crippen MR) is 121 cm³/mol. The van der Waals surface area contributed by atoms with Gasteiger partial charge in [-0.2, -0.15) is 0 Å². The van der Waals surface area contributed by atoms with Crippen molar-refractivity contribution >= 4 is 23.0 Å². The van der Waals surface area contributed by atoms with Gasteiger partial charge in [0, 0.05) is 56.2 Å². The maximum atomic E-state index is 13.5. The molecule has 0 bridgehead atoms. The molecule has 7 nitrogen and oxygen atoms in total. The first-order valence-corrected chi connectivity index (χ1v) is 11.2. The largest absolute Gasteiger partial charge is 0.368 e. The zero-order valence-corrected chi connectivity index (χ0v) is 17.9. The van der Waals surface area contributed by atoms with Gasteiger partial charge in [0.2, 0.25) is 5.91 Å². The van der Waals surface area contributed by atoms with Gasteiger partial charge in [-0.3, -0.25) is 14.9 Å². The highest BCUT2D eigenvalue weighted by Crippen LogP contribution is 2.39. The first-order chi connectivity index (χ1) is 15.0. The van der Waals surface area contributed by atoms with Gasteiger partial charge >= 0.3 is 0 Å². The summed E-state index contributed by atoms with van der Waals surface area (Å²) in [7, 11) is 0. The number of non-ortho nitro benzene ring substituents is 1. The molecule has 3 aliphatic rings. The molecule has 2 atom stereocenters. The molecule has 2 aromatic carbocycles. The minimum atomic E-state index is -0.348. The third-order valence-electron chi connectivity index (χ3n) is 7.04. The fourth-order valence-electron chi connectivity index (χ4n) is 5.37. The van der Waals surface area contributed by atoms with Crippen molar-refractivity contribution in [2.75, 3.05) is 42.5 Å². The predicted octanol–water partition coefficient (Wildman–Crippen LogP) is 3.39. The zero-order chi connectivity index (χ0) is 21.5. The number of hydrogen-bond acceptors (Lipinski definition) is 5. The Morgan fingerprint density at radius 2 is 1.77 bits per heavy atom. The molecular weight excluding hydrogens is 392 g/mol.